The molecule has 0 atom stereocenters. The first-order chi connectivity index (χ1) is 17.0. The number of nitrogens with zero attached hydrogens (tertiary/aromatic N) is 3. The van der Waals surface area contributed by atoms with Gasteiger partial charge >= 0.3 is 0 Å². The molecule has 1 heterocycles. The zero-order chi connectivity index (χ0) is 26.6. The Hall–Kier alpha value is -3.83. The van der Waals surface area contributed by atoms with Crippen molar-refractivity contribution in [1.82, 2.24) is 20.0 Å². The van der Waals surface area contributed by atoms with Crippen LogP contribution in [0, 0.1) is 5.82 Å². The highest BCUT2D eigenvalue weighted by Gasteiger charge is 2.24. The number of nitrogens with one attached hydrogen (secondary N) is 1. The second-order valence-electron chi connectivity index (χ2n) is 8.29. The van der Waals surface area contributed by atoms with Crippen LogP contribution in [0.15, 0.2) is 36.4 Å². The summed E-state index contributed by atoms with van der Waals surface area (Å²) in [6.45, 7) is 2.03. The molecule has 1 aromatic heterocycles. The number of aliphatic hydroxyl groups is 1. The number of carbonyl (C=O) groups is 4. The molecule has 36 heavy (non-hydrogen) atoms. The van der Waals surface area contributed by atoms with E-state index >= 15 is 0 Å². The largest absolute Gasteiger partial charge is 0.388 e. The van der Waals surface area contributed by atoms with E-state index in [4.69, 9.17) is 22.4 Å². The summed E-state index contributed by atoms with van der Waals surface area (Å²) in [6, 6.07) is 8.41. The maximum absolute atomic E-state index is 14.1. The van der Waals surface area contributed by atoms with Crippen LogP contribution in [0.2, 0.25) is 5.02 Å². The molecular formula is C24H25ClFN5O5. The Morgan fingerprint density at radius 1 is 1.22 bits per heavy atom. The van der Waals surface area contributed by atoms with Gasteiger partial charge in [0.1, 0.15) is 19.0 Å². The fourth-order valence-electron chi connectivity index (χ4n) is 3.61. The number of benzene rings is 2. The second-order valence-corrected chi connectivity index (χ2v) is 8.70. The van der Waals surface area contributed by atoms with Crippen molar-refractivity contribution in [3.05, 3.63) is 64.1 Å². The molecule has 0 saturated heterocycles. The topological polar surface area (TPSA) is 148 Å². The lowest BCUT2D eigenvalue weighted by atomic mass is 10.1. The molecule has 0 saturated carbocycles. The van der Waals surface area contributed by atoms with Crippen molar-refractivity contribution in [2.24, 2.45) is 5.73 Å². The van der Waals surface area contributed by atoms with Crippen molar-refractivity contribution in [2.75, 3.05) is 13.2 Å². The van der Waals surface area contributed by atoms with E-state index in [0.717, 1.165) is 0 Å². The lowest BCUT2D eigenvalue weighted by Gasteiger charge is -2.26. The van der Waals surface area contributed by atoms with Crippen LogP contribution in [0.5, 0.6) is 0 Å². The van der Waals surface area contributed by atoms with E-state index in [-0.39, 0.29) is 52.9 Å². The van der Waals surface area contributed by atoms with Crippen LogP contribution < -0.4 is 11.1 Å². The van der Waals surface area contributed by atoms with E-state index in [1.807, 2.05) is 0 Å². The van der Waals surface area contributed by atoms with Gasteiger partial charge < -0.3 is 21.1 Å². The summed E-state index contributed by atoms with van der Waals surface area (Å²) < 4.78 is 15.3. The highest BCUT2D eigenvalue weighted by Crippen LogP contribution is 2.21. The number of rotatable bonds is 10. The van der Waals surface area contributed by atoms with Crippen LogP contribution in [0.25, 0.3) is 10.9 Å². The first-order valence-corrected chi connectivity index (χ1v) is 11.3. The first-order valence-electron chi connectivity index (χ1n) is 11.0. The maximum Gasteiger partial charge on any atom is 0.269 e. The summed E-state index contributed by atoms with van der Waals surface area (Å²) in [5.74, 6) is -3.01. The highest BCUT2D eigenvalue weighted by atomic mass is 35.5. The maximum atomic E-state index is 14.1. The summed E-state index contributed by atoms with van der Waals surface area (Å²) in [7, 11) is 0. The van der Waals surface area contributed by atoms with Crippen molar-refractivity contribution in [1.29, 1.82) is 0 Å². The van der Waals surface area contributed by atoms with E-state index in [9.17, 15) is 23.6 Å². The van der Waals surface area contributed by atoms with Crippen molar-refractivity contribution >= 4 is 46.0 Å². The van der Waals surface area contributed by atoms with Crippen LogP contribution in [-0.4, -0.2) is 62.5 Å². The van der Waals surface area contributed by atoms with Gasteiger partial charge in [0.05, 0.1) is 17.1 Å². The average Bonchev–Trinajstić information content (AvgIpc) is 3.20. The standard InChI is InChI=1S/C24H25ClFN5O5/c1-13(2)30(10-20(34)28-9-15-4-3-5-17(25)22(15)26)21(35)11-31-18-7-6-14(19(33)12-32)8-16(18)23(29-31)24(27)36/h3-8,13,32H,9-12H2,1-2H3,(H2,27,36)(H,28,34). The van der Waals surface area contributed by atoms with Gasteiger partial charge in [0.2, 0.25) is 11.8 Å². The zero-order valence-electron chi connectivity index (χ0n) is 19.6. The number of nitrogens with two attached hydrogens (primary N) is 1. The minimum atomic E-state index is -0.854. The van der Waals surface area contributed by atoms with Crippen LogP contribution >= 0.6 is 11.6 Å². The van der Waals surface area contributed by atoms with Crippen molar-refractivity contribution < 1.29 is 28.7 Å². The Balaban J connectivity index is 1.78. The SMILES string of the molecule is CC(C)N(CC(=O)NCc1cccc(Cl)c1F)C(=O)Cn1nc(C(N)=O)c2cc(C(=O)CO)ccc21. The number of fused-ring (bicyclic) bond motifs is 1. The smallest absolute Gasteiger partial charge is 0.269 e. The summed E-state index contributed by atoms with van der Waals surface area (Å²) in [4.78, 5) is 50.7. The molecule has 3 amide bonds. The molecule has 0 aliphatic heterocycles. The van der Waals surface area contributed by atoms with E-state index < -0.39 is 35.9 Å². The number of hydrogen-bond acceptors (Lipinski definition) is 6. The van der Waals surface area contributed by atoms with Crippen LogP contribution in [0.4, 0.5) is 4.39 Å². The van der Waals surface area contributed by atoms with Gasteiger partial charge in [0.15, 0.2) is 11.5 Å². The Morgan fingerprint density at radius 2 is 1.94 bits per heavy atom. The lowest BCUT2D eigenvalue weighted by Crippen LogP contribution is -2.45. The number of amides is 3. The predicted octanol–water partition coefficient (Wildman–Crippen LogP) is 1.66. The number of primary amides is 1. The average molecular weight is 518 g/mol. The Labute approximate surface area is 210 Å². The molecule has 2 aromatic carbocycles. The molecule has 0 fully saturated rings. The number of carbonyl (C=O) groups excluding carboxylic acids is 4. The molecule has 4 N–H and O–H groups in total. The van der Waals surface area contributed by atoms with Crippen LogP contribution in [0.1, 0.15) is 40.3 Å². The van der Waals surface area contributed by atoms with Gasteiger partial charge in [-0.1, -0.05) is 23.7 Å². The molecule has 0 radical (unpaired) electrons. The number of hydrogen-bond donors (Lipinski definition) is 3. The van der Waals surface area contributed by atoms with Crippen molar-refractivity contribution in [2.45, 2.75) is 33.0 Å². The van der Waals surface area contributed by atoms with E-state index in [1.54, 1.807) is 19.9 Å². The Kier molecular flexibility index (Phi) is 8.38. The third kappa shape index (κ3) is 5.86. The molecule has 0 bridgehead atoms. The summed E-state index contributed by atoms with van der Waals surface area (Å²) in [5.41, 5.74) is 6.03. The van der Waals surface area contributed by atoms with E-state index in [2.05, 4.69) is 10.4 Å². The number of aliphatic hydroxyl groups excluding tert-OH is 1. The van der Waals surface area contributed by atoms with Crippen LogP contribution in [0.3, 0.4) is 0 Å². The van der Waals surface area contributed by atoms with Gasteiger partial charge in [-0.05, 0) is 38.1 Å². The van der Waals surface area contributed by atoms with E-state index in [0.29, 0.717) is 5.52 Å². The third-order valence-corrected chi connectivity index (χ3v) is 5.79. The second kappa shape index (κ2) is 11.3. The highest BCUT2D eigenvalue weighted by molar-refractivity contribution is 6.30. The molecule has 0 spiro atoms. The van der Waals surface area contributed by atoms with Gasteiger partial charge in [-0.25, -0.2) is 4.39 Å². The number of Topliss-reactive ketones (excluding diaryl/α,β-unsaturated/α-hetero) is 1. The van der Waals surface area contributed by atoms with E-state index in [1.165, 1.54) is 39.9 Å². The molecule has 0 unspecified atom stereocenters. The fourth-order valence-corrected chi connectivity index (χ4v) is 3.81. The number of aromatic nitrogens is 2. The molecule has 0 aliphatic rings. The van der Waals surface area contributed by atoms with Crippen molar-refractivity contribution in [3.8, 4) is 0 Å². The van der Waals surface area contributed by atoms with Gasteiger partial charge in [0, 0.05) is 29.1 Å². The fraction of sp³-hybridized carbons (Fsp3) is 0.292. The molecule has 0 aliphatic carbocycles. The Bertz CT molecular complexity index is 1340. The molecule has 3 aromatic rings. The van der Waals surface area contributed by atoms with Gasteiger partial charge in [0.25, 0.3) is 5.91 Å². The molecule has 190 valence electrons. The van der Waals surface area contributed by atoms with Gasteiger partial charge in [-0.3, -0.25) is 23.9 Å². The minimum Gasteiger partial charge on any atom is -0.388 e. The van der Waals surface area contributed by atoms with Gasteiger partial charge in [-0.15, -0.1) is 0 Å². The molecule has 12 heteroatoms. The summed E-state index contributed by atoms with van der Waals surface area (Å²) in [5, 5.41) is 16.0. The quantitative estimate of drug-likeness (QED) is 0.348. The Morgan fingerprint density at radius 3 is 2.58 bits per heavy atom. The third-order valence-electron chi connectivity index (χ3n) is 5.50. The van der Waals surface area contributed by atoms with Gasteiger partial charge in [-0.2, -0.15) is 5.10 Å². The molecule has 10 nitrogen and oxygen atoms in total. The number of ketones is 1. The lowest BCUT2D eigenvalue weighted by molar-refractivity contribution is -0.138. The summed E-state index contributed by atoms with van der Waals surface area (Å²) in [6.07, 6.45) is 0. The normalized spacial score (nSPS) is 11.1. The monoisotopic (exact) mass is 517 g/mol. The minimum absolute atomic E-state index is 0.0599. The van der Waals surface area contributed by atoms with Crippen molar-refractivity contribution in [3.63, 3.8) is 0 Å². The number of halogens is 2. The molecule has 3 rings (SSSR count). The van der Waals surface area contributed by atoms with Crippen LogP contribution in [-0.2, 0) is 22.7 Å². The predicted molar refractivity (Wildman–Crippen MR) is 130 cm³/mol. The molecular weight excluding hydrogens is 493 g/mol. The first kappa shape index (κ1) is 26.8. The zero-order valence-corrected chi connectivity index (χ0v) is 20.4. The summed E-state index contributed by atoms with van der Waals surface area (Å²) >= 11 is 5.76.